The first kappa shape index (κ1) is 23.1. The number of benzene rings is 2. The van der Waals surface area contributed by atoms with E-state index < -0.39 is 0 Å². The van der Waals surface area contributed by atoms with Crippen LogP contribution in [0, 0.1) is 6.92 Å². The van der Waals surface area contributed by atoms with Crippen LogP contribution in [0.5, 0.6) is 0 Å². The molecule has 0 saturated carbocycles. The Balaban J connectivity index is 1.60. The molecule has 1 aromatic heterocycles. The van der Waals surface area contributed by atoms with Gasteiger partial charge in [0.05, 0.1) is 22.9 Å². The lowest BCUT2D eigenvalue weighted by Crippen LogP contribution is -2.18. The van der Waals surface area contributed by atoms with Crippen molar-refractivity contribution in [1.82, 2.24) is 14.8 Å². The maximum Gasteiger partial charge on any atom is 0.234 e. The van der Waals surface area contributed by atoms with Crippen LogP contribution in [0.15, 0.2) is 47.6 Å². The highest BCUT2D eigenvalue weighted by atomic mass is 35.5. The molecule has 1 heterocycles. The highest BCUT2D eigenvalue weighted by molar-refractivity contribution is 7.99. The Hall–Kier alpha value is -2.55. The fourth-order valence-electron chi connectivity index (χ4n) is 2.83. The number of hydrogen-bond acceptors (Lipinski definition) is 5. The fraction of sp³-hybridized carbons (Fsp3) is 0.238. The molecular formula is C21H21Cl2N5O2S. The van der Waals surface area contributed by atoms with Gasteiger partial charge in [-0.1, -0.05) is 53.2 Å². The van der Waals surface area contributed by atoms with E-state index in [1.807, 2.05) is 18.4 Å². The summed E-state index contributed by atoms with van der Waals surface area (Å²) in [4.78, 5) is 24.8. The second-order valence-electron chi connectivity index (χ2n) is 6.60. The zero-order chi connectivity index (χ0) is 22.4. The normalized spacial score (nSPS) is 10.7. The standard InChI is InChI=1S/C21H21Cl2N5O2S/c1-3-28-18(11-19(29)25-17-9-5-4-7-15(17)23)26-27-21(28)31-12-20(30)24-16-10-6-8-14(22)13(16)2/h4-10H,3,11-12H2,1-2H3,(H,24,30)(H,25,29). The Morgan fingerprint density at radius 2 is 1.65 bits per heavy atom. The number of aromatic nitrogens is 3. The lowest BCUT2D eigenvalue weighted by molar-refractivity contribution is -0.116. The third-order valence-corrected chi connectivity index (χ3v) is 6.16. The summed E-state index contributed by atoms with van der Waals surface area (Å²) >= 11 is 13.4. The first-order valence-corrected chi connectivity index (χ1v) is 11.3. The van der Waals surface area contributed by atoms with Crippen molar-refractivity contribution < 1.29 is 9.59 Å². The van der Waals surface area contributed by atoms with E-state index in [0.29, 0.717) is 38.9 Å². The van der Waals surface area contributed by atoms with Crippen LogP contribution in [0.25, 0.3) is 0 Å². The Kier molecular flexibility index (Phi) is 7.95. The number of anilines is 2. The van der Waals surface area contributed by atoms with Gasteiger partial charge >= 0.3 is 0 Å². The molecule has 0 aliphatic carbocycles. The highest BCUT2D eigenvalue weighted by Gasteiger charge is 2.17. The first-order chi connectivity index (χ1) is 14.9. The van der Waals surface area contributed by atoms with Crippen LogP contribution in [-0.4, -0.2) is 32.3 Å². The first-order valence-electron chi connectivity index (χ1n) is 9.53. The summed E-state index contributed by atoms with van der Waals surface area (Å²) in [6.45, 7) is 4.34. The topological polar surface area (TPSA) is 88.9 Å². The molecule has 0 spiro atoms. The Morgan fingerprint density at radius 1 is 0.968 bits per heavy atom. The predicted octanol–water partition coefficient (Wildman–Crippen LogP) is 4.83. The highest BCUT2D eigenvalue weighted by Crippen LogP contribution is 2.24. The van der Waals surface area contributed by atoms with Gasteiger partial charge in [0.1, 0.15) is 5.82 Å². The molecule has 10 heteroatoms. The molecule has 0 fully saturated rings. The minimum absolute atomic E-state index is 0.0422. The van der Waals surface area contributed by atoms with Gasteiger partial charge < -0.3 is 15.2 Å². The van der Waals surface area contributed by atoms with Crippen molar-refractivity contribution in [3.8, 4) is 0 Å². The van der Waals surface area contributed by atoms with Gasteiger partial charge in [0.15, 0.2) is 5.16 Å². The van der Waals surface area contributed by atoms with Gasteiger partial charge in [0.25, 0.3) is 0 Å². The third-order valence-electron chi connectivity index (χ3n) is 4.45. The maximum atomic E-state index is 12.4. The second kappa shape index (κ2) is 10.7. The lowest BCUT2D eigenvalue weighted by Gasteiger charge is -2.10. The number of hydrogen-bond donors (Lipinski definition) is 2. The van der Waals surface area contributed by atoms with Crippen molar-refractivity contribution in [1.29, 1.82) is 0 Å². The van der Waals surface area contributed by atoms with Crippen molar-refractivity contribution in [3.63, 3.8) is 0 Å². The molecule has 3 aromatic rings. The molecule has 162 valence electrons. The molecule has 7 nitrogen and oxygen atoms in total. The number of amides is 2. The molecule has 3 rings (SSSR count). The van der Waals surface area contributed by atoms with Crippen LogP contribution >= 0.6 is 35.0 Å². The van der Waals surface area contributed by atoms with Crippen LogP contribution in [0.4, 0.5) is 11.4 Å². The van der Waals surface area contributed by atoms with E-state index in [2.05, 4.69) is 20.8 Å². The summed E-state index contributed by atoms with van der Waals surface area (Å²) in [6.07, 6.45) is 0.0422. The van der Waals surface area contributed by atoms with Crippen molar-refractivity contribution in [2.75, 3.05) is 16.4 Å². The molecule has 0 radical (unpaired) electrons. The van der Waals surface area contributed by atoms with Gasteiger partial charge in [0, 0.05) is 17.3 Å². The number of carbonyl (C=O) groups excluding carboxylic acids is 2. The van der Waals surface area contributed by atoms with Gasteiger partial charge in [-0.25, -0.2) is 0 Å². The van der Waals surface area contributed by atoms with Gasteiger partial charge in [-0.2, -0.15) is 0 Å². The van der Waals surface area contributed by atoms with Crippen molar-refractivity contribution in [2.24, 2.45) is 0 Å². The van der Waals surface area contributed by atoms with Gasteiger partial charge in [-0.15, -0.1) is 10.2 Å². The second-order valence-corrected chi connectivity index (χ2v) is 8.35. The molecule has 0 bridgehead atoms. The number of nitrogens with one attached hydrogen (secondary N) is 2. The summed E-state index contributed by atoms with van der Waals surface area (Å²) in [6, 6.07) is 12.4. The maximum absolute atomic E-state index is 12.4. The Morgan fingerprint density at radius 3 is 2.39 bits per heavy atom. The molecular weight excluding hydrogens is 457 g/mol. The Bertz CT molecular complexity index is 1100. The molecule has 2 N–H and O–H groups in total. The van der Waals surface area contributed by atoms with E-state index in [0.717, 1.165) is 5.56 Å². The predicted molar refractivity (Wildman–Crippen MR) is 125 cm³/mol. The van der Waals surface area contributed by atoms with Gasteiger partial charge in [-0.3, -0.25) is 9.59 Å². The van der Waals surface area contributed by atoms with Crippen molar-refractivity contribution in [3.05, 3.63) is 63.9 Å². The summed E-state index contributed by atoms with van der Waals surface area (Å²) in [7, 11) is 0. The molecule has 0 saturated heterocycles. The Labute approximate surface area is 194 Å². The van der Waals surface area contributed by atoms with Crippen LogP contribution in [0.3, 0.4) is 0 Å². The van der Waals surface area contributed by atoms with Gasteiger partial charge in [0.2, 0.25) is 11.8 Å². The number of nitrogens with zero attached hydrogens (tertiary/aromatic N) is 3. The molecule has 2 aromatic carbocycles. The van der Waals surface area contributed by atoms with Crippen LogP contribution in [-0.2, 0) is 22.6 Å². The number of carbonyl (C=O) groups is 2. The van der Waals surface area contributed by atoms with E-state index in [4.69, 9.17) is 23.2 Å². The zero-order valence-corrected chi connectivity index (χ0v) is 19.3. The van der Waals surface area contributed by atoms with Crippen LogP contribution in [0.1, 0.15) is 18.3 Å². The average molecular weight is 478 g/mol. The van der Waals surface area contributed by atoms with E-state index in [-0.39, 0.29) is 24.0 Å². The van der Waals surface area contributed by atoms with E-state index >= 15 is 0 Å². The number of halogens is 2. The molecule has 0 atom stereocenters. The monoisotopic (exact) mass is 477 g/mol. The van der Waals surface area contributed by atoms with E-state index in [1.165, 1.54) is 11.8 Å². The third kappa shape index (κ3) is 6.00. The quantitative estimate of drug-likeness (QED) is 0.453. The minimum Gasteiger partial charge on any atom is -0.325 e. The lowest BCUT2D eigenvalue weighted by atomic mass is 10.2. The average Bonchev–Trinajstić information content (AvgIpc) is 3.13. The minimum atomic E-state index is -0.249. The SMILES string of the molecule is CCn1c(CC(=O)Nc2ccccc2Cl)nnc1SCC(=O)Nc1cccc(Cl)c1C. The molecule has 2 amide bonds. The smallest absolute Gasteiger partial charge is 0.234 e. The fourth-order valence-corrected chi connectivity index (χ4v) is 4.01. The van der Waals surface area contributed by atoms with Gasteiger partial charge in [-0.05, 0) is 43.7 Å². The summed E-state index contributed by atoms with van der Waals surface area (Å²) < 4.78 is 1.81. The summed E-state index contributed by atoms with van der Waals surface area (Å²) in [5.74, 6) is 0.233. The van der Waals surface area contributed by atoms with Crippen LogP contribution in [0.2, 0.25) is 10.0 Å². The molecule has 31 heavy (non-hydrogen) atoms. The molecule has 0 aliphatic heterocycles. The molecule has 0 unspecified atom stereocenters. The van der Waals surface area contributed by atoms with E-state index in [9.17, 15) is 9.59 Å². The number of rotatable bonds is 8. The largest absolute Gasteiger partial charge is 0.325 e. The van der Waals surface area contributed by atoms with Crippen molar-refractivity contribution >= 4 is 58.2 Å². The number of thioether (sulfide) groups is 1. The summed E-state index contributed by atoms with van der Waals surface area (Å²) in [5, 5.41) is 15.5. The summed E-state index contributed by atoms with van der Waals surface area (Å²) in [5.41, 5.74) is 2.03. The van der Waals surface area contributed by atoms with Crippen LogP contribution < -0.4 is 10.6 Å². The zero-order valence-electron chi connectivity index (χ0n) is 17.0. The van der Waals surface area contributed by atoms with E-state index in [1.54, 1.807) is 42.5 Å². The molecule has 0 aliphatic rings. The number of para-hydroxylation sites is 1. The van der Waals surface area contributed by atoms with Crippen molar-refractivity contribution in [2.45, 2.75) is 32.0 Å².